The number of alkyl halides is 4. The Hall–Kier alpha value is -0.590. The number of carbonyl (C=O) groups excluding carboxylic acids is 1. The maximum Gasteiger partial charge on any atom is 0.308 e. The molecule has 0 bridgehead atoms. The minimum Gasteiger partial charge on any atom is -0.481 e. The van der Waals surface area contributed by atoms with Crippen molar-refractivity contribution in [3.63, 3.8) is 0 Å². The topological polar surface area (TPSA) is 154 Å². The zero-order valence-electron chi connectivity index (χ0n) is 33.9. The molecule has 0 radical (unpaired) electrons. The third-order valence-electron chi connectivity index (χ3n) is 15.7. The van der Waals surface area contributed by atoms with Crippen molar-refractivity contribution in [2.45, 2.75) is 200 Å². The Morgan fingerprint density at radius 2 is 0.930 bits per heavy atom. The second kappa shape index (κ2) is 20.5. The van der Waals surface area contributed by atoms with Gasteiger partial charge in [-0.2, -0.15) is 0 Å². The summed E-state index contributed by atoms with van der Waals surface area (Å²) in [5.41, 5.74) is 2.74. The smallest absolute Gasteiger partial charge is 0.308 e. The van der Waals surface area contributed by atoms with Crippen LogP contribution in [0, 0.1) is 46.8 Å². The summed E-state index contributed by atoms with van der Waals surface area (Å²) in [6, 6.07) is -0.400. The number of amides is 1. The summed E-state index contributed by atoms with van der Waals surface area (Å²) < 4.78 is 13.4. The van der Waals surface area contributed by atoms with Crippen molar-refractivity contribution in [2.75, 3.05) is 0 Å². The first-order valence-electron chi connectivity index (χ1n) is 22.2. The molecular weight excluding hydrogens is 814 g/mol. The summed E-state index contributed by atoms with van der Waals surface area (Å²) in [5, 5.41) is 31.1. The summed E-state index contributed by atoms with van der Waals surface area (Å²) in [6.45, 7) is 4.97. The van der Waals surface area contributed by atoms with Crippen LogP contribution in [-0.2, 0) is 23.9 Å². The van der Waals surface area contributed by atoms with Gasteiger partial charge in [0.25, 0.3) is 0 Å². The number of rotatable bonds is 13. The first kappa shape index (κ1) is 45.9. The average Bonchev–Trinajstić information content (AvgIpc) is 3.18. The van der Waals surface area contributed by atoms with Crippen molar-refractivity contribution < 1.29 is 39.3 Å². The highest BCUT2D eigenvalue weighted by Gasteiger charge is 2.50. The predicted molar refractivity (Wildman–Crippen MR) is 222 cm³/mol. The molecule has 0 saturated heterocycles. The predicted octanol–water partition coefficient (Wildman–Crippen LogP) is 9.15. The van der Waals surface area contributed by atoms with Crippen molar-refractivity contribution >= 4 is 64.2 Å². The van der Waals surface area contributed by atoms with Crippen molar-refractivity contribution in [2.24, 2.45) is 46.8 Å². The normalized spacial score (nSPS) is 42.8. The fraction of sp³-hybridized carbons (Fsp3) is 0.930. The molecule has 14 heteroatoms. The summed E-state index contributed by atoms with van der Waals surface area (Å²) >= 11 is 26.0. The zero-order chi connectivity index (χ0) is 41.0. The fourth-order valence-electron chi connectivity index (χ4n) is 12.2. The largest absolute Gasteiger partial charge is 0.481 e. The van der Waals surface area contributed by atoms with E-state index >= 15 is 0 Å². The van der Waals surface area contributed by atoms with Crippen LogP contribution in [0.2, 0.25) is 0 Å². The van der Waals surface area contributed by atoms with Gasteiger partial charge in [-0.25, -0.2) is 5.48 Å². The molecule has 6 aliphatic rings. The van der Waals surface area contributed by atoms with E-state index in [-0.39, 0.29) is 53.1 Å². The molecule has 6 aliphatic carbocycles. The Labute approximate surface area is 359 Å². The van der Waals surface area contributed by atoms with E-state index in [1.807, 2.05) is 0 Å². The molecule has 10 nitrogen and oxygen atoms in total. The van der Waals surface area contributed by atoms with Crippen molar-refractivity contribution in [1.82, 2.24) is 10.8 Å². The van der Waals surface area contributed by atoms with Gasteiger partial charge >= 0.3 is 11.9 Å². The first-order valence-corrected chi connectivity index (χ1v) is 23.9. The fourth-order valence-corrected chi connectivity index (χ4v) is 13.8. The van der Waals surface area contributed by atoms with E-state index in [4.69, 9.17) is 55.9 Å². The molecule has 5 N–H and O–H groups in total. The standard InChI is InChI=1S/C43H68Cl4N2O8/c1-43(2,24-5-13-28(14-6-24)56-27-11-3-23(4-12-27)39(49-55)35-31(44)19-21-33(46)37(35)41(51)52)25-7-15-29(16-8-25)57-30-17-9-26(10-18-30)48-40(50)36-32(45)20-22-34(47)38(36)42(53)54/h23-39,49,55H,3-22H2,1-2H3,(H,48,50)(H,51,52)(H,53,54). The lowest BCUT2D eigenvalue weighted by Crippen LogP contribution is -2.54. The number of hydrogen-bond donors (Lipinski definition) is 5. The third-order valence-corrected chi connectivity index (χ3v) is 17.7. The number of carbonyl (C=O) groups is 3. The molecule has 6 fully saturated rings. The molecule has 0 spiro atoms. The van der Waals surface area contributed by atoms with Gasteiger partial charge in [0.15, 0.2) is 0 Å². The number of carboxylic acids is 2. The van der Waals surface area contributed by atoms with Crippen LogP contribution in [0.15, 0.2) is 0 Å². The summed E-state index contributed by atoms with van der Waals surface area (Å²) in [4.78, 5) is 37.2. The molecule has 0 aliphatic heterocycles. The molecule has 1 amide bonds. The number of nitrogens with one attached hydrogen (secondary N) is 2. The molecule has 6 rings (SSSR count). The van der Waals surface area contributed by atoms with E-state index in [2.05, 4.69) is 24.6 Å². The molecule has 0 aromatic rings. The average molecular weight is 883 g/mol. The summed E-state index contributed by atoms with van der Waals surface area (Å²) in [6.07, 6.45) is 19.2. The van der Waals surface area contributed by atoms with Gasteiger partial charge in [0.05, 0.1) is 42.2 Å². The summed E-state index contributed by atoms with van der Waals surface area (Å²) in [7, 11) is 0. The van der Waals surface area contributed by atoms with E-state index < -0.39 is 57.8 Å². The zero-order valence-corrected chi connectivity index (χ0v) is 36.9. The number of carboxylic acid groups (broad SMARTS) is 2. The van der Waals surface area contributed by atoms with Gasteiger partial charge in [-0.15, -0.1) is 46.4 Å². The molecule has 6 saturated carbocycles. The maximum absolute atomic E-state index is 13.2. The van der Waals surface area contributed by atoms with Gasteiger partial charge in [-0.3, -0.25) is 14.4 Å². The van der Waals surface area contributed by atoms with Crippen molar-refractivity contribution in [1.29, 1.82) is 0 Å². The van der Waals surface area contributed by atoms with Crippen LogP contribution in [0.1, 0.15) is 142 Å². The van der Waals surface area contributed by atoms with Crippen LogP contribution in [0.25, 0.3) is 0 Å². The molecule has 0 heterocycles. The number of hydroxylamine groups is 1. The Bertz CT molecular complexity index is 1330. The molecule has 9 unspecified atom stereocenters. The lowest BCUT2D eigenvalue weighted by Gasteiger charge is -2.47. The third kappa shape index (κ3) is 11.1. The van der Waals surface area contributed by atoms with Gasteiger partial charge in [0, 0.05) is 39.5 Å². The van der Waals surface area contributed by atoms with Gasteiger partial charge < -0.3 is 30.2 Å². The molecule has 57 heavy (non-hydrogen) atoms. The van der Waals surface area contributed by atoms with Crippen molar-refractivity contribution in [3.8, 4) is 0 Å². The lowest BCUT2D eigenvalue weighted by atomic mass is 9.60. The number of halogens is 4. The lowest BCUT2D eigenvalue weighted by molar-refractivity contribution is -0.148. The van der Waals surface area contributed by atoms with Crippen LogP contribution in [0.4, 0.5) is 0 Å². The maximum atomic E-state index is 13.2. The minimum atomic E-state index is -1.06. The van der Waals surface area contributed by atoms with Crippen LogP contribution >= 0.6 is 46.4 Å². The minimum absolute atomic E-state index is 0.00157. The summed E-state index contributed by atoms with van der Waals surface area (Å²) in [5.74, 6) is -3.79. The second-order valence-corrected chi connectivity index (χ2v) is 21.5. The van der Waals surface area contributed by atoms with E-state index in [0.717, 1.165) is 77.0 Å². The van der Waals surface area contributed by atoms with Crippen molar-refractivity contribution in [3.05, 3.63) is 0 Å². The monoisotopic (exact) mass is 880 g/mol. The number of ether oxygens (including phenoxy) is 2. The number of aliphatic carboxylic acids is 2. The highest BCUT2D eigenvalue weighted by molar-refractivity contribution is 6.25. The molecule has 0 aromatic heterocycles. The highest BCUT2D eigenvalue weighted by atomic mass is 35.5. The molecule has 326 valence electrons. The van der Waals surface area contributed by atoms with Crippen LogP contribution < -0.4 is 10.8 Å². The molecule has 9 atom stereocenters. The SMILES string of the molecule is CC(C)(C1CCC(OC2CCC(NC(=O)C3C(Cl)CCC(Cl)C3C(=O)O)CC2)CC1)C1CCC(OC2CCC(C(NO)C3C(Cl)CCC(Cl)C3C(=O)O)CC2)CC1. The second-order valence-electron chi connectivity index (χ2n) is 19.3. The number of hydrogen-bond acceptors (Lipinski definition) is 7. The Morgan fingerprint density at radius 1 is 0.544 bits per heavy atom. The van der Waals surface area contributed by atoms with E-state index in [0.29, 0.717) is 37.5 Å². The quantitative estimate of drug-likeness (QED) is 0.0900. The van der Waals surface area contributed by atoms with Gasteiger partial charge in [0.2, 0.25) is 5.91 Å². The van der Waals surface area contributed by atoms with Crippen LogP contribution in [-0.4, -0.2) is 91.3 Å². The van der Waals surface area contributed by atoms with Crippen LogP contribution in [0.3, 0.4) is 0 Å². The van der Waals surface area contributed by atoms with E-state index in [1.54, 1.807) is 0 Å². The van der Waals surface area contributed by atoms with Crippen LogP contribution in [0.5, 0.6) is 0 Å². The highest BCUT2D eigenvalue weighted by Crippen LogP contribution is 2.50. The Morgan fingerprint density at radius 3 is 1.37 bits per heavy atom. The first-order chi connectivity index (χ1) is 27.2. The molecular formula is C43H68Cl4N2O8. The Kier molecular flexibility index (Phi) is 16.5. The van der Waals surface area contributed by atoms with E-state index in [9.17, 15) is 29.8 Å². The van der Waals surface area contributed by atoms with E-state index in [1.165, 1.54) is 25.7 Å². The Balaban J connectivity index is 0.877. The van der Waals surface area contributed by atoms with Gasteiger partial charge in [0.1, 0.15) is 0 Å². The van der Waals surface area contributed by atoms with Gasteiger partial charge in [-0.05, 0) is 152 Å². The van der Waals surface area contributed by atoms with Gasteiger partial charge in [-0.1, -0.05) is 13.8 Å². The molecule has 0 aromatic carbocycles.